The van der Waals surface area contributed by atoms with Gasteiger partial charge in [-0.05, 0) is 55.2 Å². The van der Waals surface area contributed by atoms with Crippen LogP contribution in [0.1, 0.15) is 64.9 Å². The average Bonchev–Trinajstić information content (AvgIpc) is 3.22. The molecule has 1 aliphatic carbocycles. The Kier molecular flexibility index (Phi) is 5.41. The first-order valence-electron chi connectivity index (χ1n) is 12.2. The van der Waals surface area contributed by atoms with Gasteiger partial charge < -0.3 is 10.2 Å². The second-order valence-corrected chi connectivity index (χ2v) is 10.7. The summed E-state index contributed by atoms with van der Waals surface area (Å²) in [4.78, 5) is 15.9. The zero-order valence-corrected chi connectivity index (χ0v) is 19.9. The number of hydrogen-bond donors (Lipinski definition) is 1. The highest BCUT2D eigenvalue weighted by Gasteiger charge is 2.57. The number of allylic oxidation sites excluding steroid dienone is 3. The Morgan fingerprint density at radius 2 is 1.88 bits per heavy atom. The highest BCUT2D eigenvalue weighted by atomic mass is 19.4. The summed E-state index contributed by atoms with van der Waals surface area (Å²) in [5.74, 6) is -0.0941. The van der Waals surface area contributed by atoms with Gasteiger partial charge in [-0.3, -0.25) is 4.79 Å². The third kappa shape index (κ3) is 3.57. The molecule has 34 heavy (non-hydrogen) atoms. The van der Waals surface area contributed by atoms with Gasteiger partial charge >= 0.3 is 6.18 Å². The first kappa shape index (κ1) is 23.1. The number of halogens is 3. The van der Waals surface area contributed by atoms with E-state index in [1.54, 1.807) is 0 Å². The predicted octanol–water partition coefficient (Wildman–Crippen LogP) is 6.18. The van der Waals surface area contributed by atoms with Gasteiger partial charge in [0.25, 0.3) is 0 Å². The van der Waals surface area contributed by atoms with Crippen LogP contribution in [0.4, 0.5) is 18.9 Å². The van der Waals surface area contributed by atoms with Crippen molar-refractivity contribution in [3.63, 3.8) is 0 Å². The van der Waals surface area contributed by atoms with Gasteiger partial charge in [-0.1, -0.05) is 32.9 Å². The minimum absolute atomic E-state index is 0.0603. The Hall–Kier alpha value is -2.64. The Morgan fingerprint density at radius 3 is 2.56 bits per heavy atom. The Labute approximate surface area is 198 Å². The van der Waals surface area contributed by atoms with E-state index in [1.807, 2.05) is 45.0 Å². The molecule has 1 unspecified atom stereocenters. The van der Waals surface area contributed by atoms with E-state index >= 15 is 0 Å². The first-order chi connectivity index (χ1) is 16.1. The SMILES string of the molecule is CC[C@]1(c2cccc(N3CCCCC3)c2)C2=C(CC(C)(C)CC2=O)NC2N=NC(C(F)(F)F)=C21. The molecule has 1 aromatic carbocycles. The number of piperidine rings is 1. The number of carbonyl (C=O) groups excluding carboxylic acids is 1. The number of Topliss-reactive ketones (excluding diaryl/α,β-unsaturated/α-hetero) is 1. The number of benzene rings is 1. The average molecular weight is 473 g/mol. The summed E-state index contributed by atoms with van der Waals surface area (Å²) < 4.78 is 42.6. The number of nitrogens with one attached hydrogen (secondary N) is 1. The van der Waals surface area contributed by atoms with Crippen molar-refractivity contribution in [3.05, 3.63) is 52.4 Å². The zero-order chi connectivity index (χ0) is 24.3. The van der Waals surface area contributed by atoms with Gasteiger partial charge in [-0.25, -0.2) is 0 Å². The quantitative estimate of drug-likeness (QED) is 0.572. The van der Waals surface area contributed by atoms with E-state index in [-0.39, 0.29) is 16.8 Å². The van der Waals surface area contributed by atoms with E-state index in [1.165, 1.54) is 6.42 Å². The number of alkyl halides is 3. The van der Waals surface area contributed by atoms with E-state index in [0.717, 1.165) is 31.6 Å². The van der Waals surface area contributed by atoms with Crippen LogP contribution in [0, 0.1) is 5.41 Å². The third-order valence-electron chi connectivity index (χ3n) is 7.73. The van der Waals surface area contributed by atoms with Crippen LogP contribution in [-0.4, -0.2) is 31.2 Å². The molecule has 8 heteroatoms. The Bertz CT molecular complexity index is 1110. The fraction of sp³-hybridized carbons (Fsp3) is 0.577. The smallest absolute Gasteiger partial charge is 0.372 e. The molecule has 1 aromatic rings. The van der Waals surface area contributed by atoms with E-state index < -0.39 is 23.5 Å². The molecular weight excluding hydrogens is 441 g/mol. The van der Waals surface area contributed by atoms with Crippen molar-refractivity contribution in [2.24, 2.45) is 15.6 Å². The summed E-state index contributed by atoms with van der Waals surface area (Å²) >= 11 is 0. The molecule has 3 aliphatic heterocycles. The van der Waals surface area contributed by atoms with Gasteiger partial charge in [0.05, 0.1) is 5.41 Å². The fourth-order valence-corrected chi connectivity index (χ4v) is 6.33. The number of hydrogen-bond acceptors (Lipinski definition) is 5. The van der Waals surface area contributed by atoms with Crippen LogP contribution in [0.15, 0.2) is 57.0 Å². The van der Waals surface area contributed by atoms with Gasteiger partial charge in [-0.15, -0.1) is 5.11 Å². The first-order valence-corrected chi connectivity index (χ1v) is 12.2. The molecule has 2 atom stereocenters. The molecule has 0 bridgehead atoms. The number of rotatable bonds is 3. The van der Waals surface area contributed by atoms with Crippen LogP contribution in [0.25, 0.3) is 0 Å². The van der Waals surface area contributed by atoms with Crippen molar-refractivity contribution in [3.8, 4) is 0 Å². The van der Waals surface area contributed by atoms with Gasteiger partial charge in [0.15, 0.2) is 17.6 Å². The Morgan fingerprint density at radius 1 is 1.15 bits per heavy atom. The van der Waals surface area contributed by atoms with Gasteiger partial charge in [0.1, 0.15) is 0 Å². The third-order valence-corrected chi connectivity index (χ3v) is 7.73. The molecule has 5 nitrogen and oxygen atoms in total. The fourth-order valence-electron chi connectivity index (χ4n) is 6.33. The molecule has 1 fully saturated rings. The Balaban J connectivity index is 1.77. The van der Waals surface area contributed by atoms with Crippen LogP contribution in [0.2, 0.25) is 0 Å². The lowest BCUT2D eigenvalue weighted by Crippen LogP contribution is -2.52. The number of anilines is 1. The van der Waals surface area contributed by atoms with E-state index in [0.29, 0.717) is 36.1 Å². The highest BCUT2D eigenvalue weighted by Crippen LogP contribution is 2.56. The number of ketones is 1. The maximum Gasteiger partial charge on any atom is 0.435 e. The number of fused-ring (bicyclic) bond motifs is 1. The predicted molar refractivity (Wildman–Crippen MR) is 124 cm³/mol. The molecule has 4 aliphatic rings. The van der Waals surface area contributed by atoms with Crippen LogP contribution < -0.4 is 10.2 Å². The van der Waals surface area contributed by atoms with Crippen molar-refractivity contribution in [1.82, 2.24) is 5.32 Å². The topological polar surface area (TPSA) is 57.1 Å². The number of nitrogens with zero attached hydrogens (tertiary/aromatic N) is 3. The molecule has 5 rings (SSSR count). The van der Waals surface area contributed by atoms with Gasteiger partial charge in [0.2, 0.25) is 0 Å². The summed E-state index contributed by atoms with van der Waals surface area (Å²) in [5, 5.41) is 10.8. The van der Waals surface area contributed by atoms with Crippen molar-refractivity contribution in [2.45, 2.75) is 77.1 Å². The van der Waals surface area contributed by atoms with E-state index in [2.05, 4.69) is 20.4 Å². The van der Waals surface area contributed by atoms with Crippen molar-refractivity contribution >= 4 is 11.5 Å². The van der Waals surface area contributed by atoms with Crippen LogP contribution in [0.3, 0.4) is 0 Å². The molecule has 0 spiro atoms. The number of azo groups is 1. The summed E-state index contributed by atoms with van der Waals surface area (Å²) in [6.45, 7) is 7.75. The molecule has 3 heterocycles. The summed E-state index contributed by atoms with van der Waals surface area (Å²) in [7, 11) is 0. The van der Waals surface area contributed by atoms with Crippen LogP contribution >= 0.6 is 0 Å². The minimum Gasteiger partial charge on any atom is -0.372 e. The van der Waals surface area contributed by atoms with Crippen LogP contribution in [-0.2, 0) is 10.2 Å². The molecule has 0 radical (unpaired) electrons. The lowest BCUT2D eigenvalue weighted by atomic mass is 9.58. The van der Waals surface area contributed by atoms with Crippen LogP contribution in [0.5, 0.6) is 0 Å². The van der Waals surface area contributed by atoms with Gasteiger partial charge in [-0.2, -0.15) is 18.3 Å². The standard InChI is InChI=1S/C26H31F3N4O/c1-4-25(16-9-8-10-17(13-16)33-11-6-5-7-12-33)20-18(14-24(2,3)15-19(20)34)30-23-21(25)22(31-32-23)26(27,28)29/h8-10,13,23,30H,4-7,11-12,14-15H2,1-3H3/t23?,25-/m0/s1. The molecule has 0 saturated carbocycles. The highest BCUT2D eigenvalue weighted by molar-refractivity contribution is 6.01. The molecule has 0 amide bonds. The van der Waals surface area contributed by atoms with E-state index in [4.69, 9.17) is 0 Å². The summed E-state index contributed by atoms with van der Waals surface area (Å²) in [6.07, 6.45) is -0.992. The van der Waals surface area contributed by atoms with Crippen molar-refractivity contribution < 1.29 is 18.0 Å². The monoisotopic (exact) mass is 472 g/mol. The lowest BCUT2D eigenvalue weighted by Gasteiger charge is -2.48. The largest absolute Gasteiger partial charge is 0.435 e. The molecular formula is C26H31F3N4O. The molecule has 1 saturated heterocycles. The maximum absolute atomic E-state index is 14.2. The summed E-state index contributed by atoms with van der Waals surface area (Å²) in [6, 6.07) is 7.78. The normalized spacial score (nSPS) is 28.7. The summed E-state index contributed by atoms with van der Waals surface area (Å²) in [5.41, 5.74) is 0.472. The lowest BCUT2D eigenvalue weighted by molar-refractivity contribution is -0.119. The second-order valence-electron chi connectivity index (χ2n) is 10.7. The van der Waals surface area contributed by atoms with E-state index in [9.17, 15) is 18.0 Å². The van der Waals surface area contributed by atoms with Crippen molar-refractivity contribution in [2.75, 3.05) is 18.0 Å². The molecule has 1 N–H and O–H groups in total. The maximum atomic E-state index is 14.2. The molecule has 0 aromatic heterocycles. The minimum atomic E-state index is -4.66. The van der Waals surface area contributed by atoms with Gasteiger partial charge in [0, 0.05) is 42.0 Å². The molecule has 182 valence electrons. The zero-order valence-electron chi connectivity index (χ0n) is 19.9. The number of carbonyl (C=O) groups is 1. The second kappa shape index (κ2) is 7.95. The van der Waals surface area contributed by atoms with Crippen molar-refractivity contribution in [1.29, 1.82) is 0 Å².